The van der Waals surface area contributed by atoms with Gasteiger partial charge >= 0.3 is 0 Å². The molecule has 0 amide bonds. The Morgan fingerprint density at radius 1 is 1.64 bits per heavy atom. The molecule has 5 nitrogen and oxygen atoms in total. The zero-order valence-corrected chi connectivity index (χ0v) is 8.49. The van der Waals surface area contributed by atoms with Gasteiger partial charge in [-0.05, 0) is 6.92 Å². The van der Waals surface area contributed by atoms with Crippen molar-refractivity contribution in [1.29, 1.82) is 0 Å². The zero-order valence-electron chi connectivity index (χ0n) is 8.49. The van der Waals surface area contributed by atoms with Crippen molar-refractivity contribution in [3.05, 3.63) is 24.5 Å². The van der Waals surface area contributed by atoms with Crippen LogP contribution < -0.4 is 16.2 Å². The predicted molar refractivity (Wildman–Crippen MR) is 58.0 cm³/mol. The van der Waals surface area contributed by atoms with Gasteiger partial charge in [0.15, 0.2) is 0 Å². The summed E-state index contributed by atoms with van der Waals surface area (Å²) in [6.45, 7) is 6.33. The summed E-state index contributed by atoms with van der Waals surface area (Å²) in [5.74, 6) is 6.81. The third-order valence-electron chi connectivity index (χ3n) is 1.96. The van der Waals surface area contributed by atoms with E-state index >= 15 is 0 Å². The van der Waals surface area contributed by atoms with Gasteiger partial charge in [0.1, 0.15) is 18.0 Å². The molecule has 5 heteroatoms. The summed E-state index contributed by atoms with van der Waals surface area (Å²) in [4.78, 5) is 10.2. The average molecular weight is 193 g/mol. The van der Waals surface area contributed by atoms with Gasteiger partial charge < -0.3 is 10.3 Å². The summed E-state index contributed by atoms with van der Waals surface area (Å²) >= 11 is 0. The van der Waals surface area contributed by atoms with Crippen molar-refractivity contribution in [2.45, 2.75) is 6.92 Å². The molecule has 0 aliphatic rings. The fourth-order valence-corrected chi connectivity index (χ4v) is 1.25. The van der Waals surface area contributed by atoms with Gasteiger partial charge in [-0.15, -0.1) is 6.58 Å². The largest absolute Gasteiger partial charge is 0.356 e. The molecule has 0 unspecified atom stereocenters. The van der Waals surface area contributed by atoms with E-state index in [0.717, 1.165) is 17.9 Å². The second-order valence-electron chi connectivity index (χ2n) is 2.98. The molecule has 0 aliphatic heterocycles. The molecule has 1 heterocycles. The number of hydrogen-bond acceptors (Lipinski definition) is 5. The highest BCUT2D eigenvalue weighted by atomic mass is 15.3. The molecule has 14 heavy (non-hydrogen) atoms. The van der Waals surface area contributed by atoms with Gasteiger partial charge in [0.25, 0.3) is 0 Å². The lowest BCUT2D eigenvalue weighted by Gasteiger charge is -2.18. The molecule has 0 aromatic carbocycles. The summed E-state index contributed by atoms with van der Waals surface area (Å²) in [5.41, 5.74) is 3.46. The molecule has 0 fully saturated rings. The first-order valence-corrected chi connectivity index (χ1v) is 4.31. The Bertz CT molecular complexity index is 323. The number of nitrogen functional groups attached to an aromatic ring is 1. The molecular weight excluding hydrogens is 178 g/mol. The van der Waals surface area contributed by atoms with Gasteiger partial charge in [0.05, 0.1) is 0 Å². The van der Waals surface area contributed by atoms with Gasteiger partial charge in [-0.3, -0.25) is 0 Å². The first kappa shape index (κ1) is 10.5. The van der Waals surface area contributed by atoms with E-state index in [4.69, 9.17) is 5.84 Å². The van der Waals surface area contributed by atoms with Gasteiger partial charge in [-0.1, -0.05) is 6.08 Å². The molecule has 0 bridgehead atoms. The van der Waals surface area contributed by atoms with E-state index in [2.05, 4.69) is 22.0 Å². The molecule has 1 aromatic heterocycles. The number of aromatic nitrogens is 2. The molecule has 0 spiro atoms. The normalized spacial score (nSPS) is 9.64. The van der Waals surface area contributed by atoms with Crippen LogP contribution in [-0.2, 0) is 0 Å². The van der Waals surface area contributed by atoms with Crippen LogP contribution in [0.3, 0.4) is 0 Å². The van der Waals surface area contributed by atoms with E-state index in [0.29, 0.717) is 5.82 Å². The lowest BCUT2D eigenvalue weighted by atomic mass is 10.3. The number of nitrogens with zero attached hydrogens (tertiary/aromatic N) is 3. The summed E-state index contributed by atoms with van der Waals surface area (Å²) in [6, 6.07) is 0. The van der Waals surface area contributed by atoms with Gasteiger partial charge in [0.2, 0.25) is 0 Å². The van der Waals surface area contributed by atoms with Crippen LogP contribution >= 0.6 is 0 Å². The number of nitrogens with two attached hydrogens (primary N) is 1. The van der Waals surface area contributed by atoms with Crippen molar-refractivity contribution in [2.75, 3.05) is 23.9 Å². The molecule has 0 aliphatic carbocycles. The summed E-state index contributed by atoms with van der Waals surface area (Å²) < 4.78 is 0. The highest BCUT2D eigenvalue weighted by Crippen LogP contribution is 2.19. The Morgan fingerprint density at radius 2 is 2.36 bits per heavy atom. The van der Waals surface area contributed by atoms with Crippen molar-refractivity contribution in [3.63, 3.8) is 0 Å². The van der Waals surface area contributed by atoms with Crippen LogP contribution in [0.25, 0.3) is 0 Å². The van der Waals surface area contributed by atoms with Crippen LogP contribution in [0.4, 0.5) is 11.6 Å². The van der Waals surface area contributed by atoms with Crippen LogP contribution in [0.2, 0.25) is 0 Å². The number of likely N-dealkylation sites (N-methyl/N-ethyl adjacent to an activating group) is 1. The molecule has 0 radical (unpaired) electrons. The van der Waals surface area contributed by atoms with Crippen LogP contribution in [-0.4, -0.2) is 23.6 Å². The number of anilines is 2. The van der Waals surface area contributed by atoms with E-state index < -0.39 is 0 Å². The first-order chi connectivity index (χ1) is 6.70. The lowest BCUT2D eigenvalue weighted by molar-refractivity contribution is 0.959. The van der Waals surface area contributed by atoms with Crippen molar-refractivity contribution < 1.29 is 0 Å². The van der Waals surface area contributed by atoms with E-state index in [1.807, 2.05) is 24.9 Å². The van der Waals surface area contributed by atoms with Gasteiger partial charge in [-0.2, -0.15) is 0 Å². The summed E-state index contributed by atoms with van der Waals surface area (Å²) in [5, 5.41) is 0. The van der Waals surface area contributed by atoms with Crippen molar-refractivity contribution in [1.82, 2.24) is 9.97 Å². The van der Waals surface area contributed by atoms with Crippen LogP contribution in [0.1, 0.15) is 5.56 Å². The molecule has 0 saturated carbocycles. The highest BCUT2D eigenvalue weighted by molar-refractivity contribution is 5.57. The maximum absolute atomic E-state index is 5.31. The van der Waals surface area contributed by atoms with Crippen molar-refractivity contribution >= 4 is 11.6 Å². The quantitative estimate of drug-likeness (QED) is 0.418. The third-order valence-corrected chi connectivity index (χ3v) is 1.96. The van der Waals surface area contributed by atoms with Crippen molar-refractivity contribution in [3.8, 4) is 0 Å². The van der Waals surface area contributed by atoms with Crippen molar-refractivity contribution in [2.24, 2.45) is 5.84 Å². The lowest BCUT2D eigenvalue weighted by Crippen LogP contribution is -2.21. The summed E-state index contributed by atoms with van der Waals surface area (Å²) in [6.07, 6.45) is 3.30. The maximum Gasteiger partial charge on any atom is 0.148 e. The Labute approximate surface area is 83.6 Å². The third kappa shape index (κ3) is 2.00. The van der Waals surface area contributed by atoms with E-state index in [1.165, 1.54) is 6.33 Å². The molecule has 0 atom stereocenters. The molecule has 3 N–H and O–H groups in total. The predicted octanol–water partition coefficient (Wildman–Crippen LogP) is 0.693. The molecule has 0 saturated heterocycles. The maximum atomic E-state index is 5.31. The fourth-order valence-electron chi connectivity index (χ4n) is 1.25. The molecule has 1 rings (SSSR count). The Balaban J connectivity index is 3.02. The molecular formula is C9H15N5. The number of rotatable bonds is 4. The monoisotopic (exact) mass is 193 g/mol. The Hall–Kier alpha value is -1.62. The molecule has 1 aromatic rings. The first-order valence-electron chi connectivity index (χ1n) is 4.31. The minimum atomic E-state index is 0.644. The average Bonchev–Trinajstić information content (AvgIpc) is 2.18. The number of nitrogens with one attached hydrogen (secondary N) is 1. The van der Waals surface area contributed by atoms with E-state index in [9.17, 15) is 0 Å². The minimum Gasteiger partial charge on any atom is -0.356 e. The van der Waals surface area contributed by atoms with Crippen LogP contribution in [0.5, 0.6) is 0 Å². The van der Waals surface area contributed by atoms with Crippen LogP contribution in [0.15, 0.2) is 19.0 Å². The second kappa shape index (κ2) is 4.57. The fraction of sp³-hybridized carbons (Fsp3) is 0.333. The Kier molecular flexibility index (Phi) is 3.41. The van der Waals surface area contributed by atoms with E-state index in [-0.39, 0.29) is 0 Å². The minimum absolute atomic E-state index is 0.644. The summed E-state index contributed by atoms with van der Waals surface area (Å²) in [7, 11) is 1.94. The standard InChI is InChI=1S/C9H15N5/c1-4-5-14(3)9-7(2)8(13-10)11-6-12-9/h4,6H,1,5,10H2,2-3H3,(H,11,12,13). The van der Waals surface area contributed by atoms with Crippen LogP contribution in [0, 0.1) is 6.92 Å². The smallest absolute Gasteiger partial charge is 0.148 e. The zero-order chi connectivity index (χ0) is 10.6. The van der Waals surface area contributed by atoms with Gasteiger partial charge in [0, 0.05) is 19.2 Å². The number of hydrogen-bond donors (Lipinski definition) is 2. The van der Waals surface area contributed by atoms with Gasteiger partial charge in [-0.25, -0.2) is 15.8 Å². The number of hydrazine groups is 1. The molecule has 76 valence electrons. The Morgan fingerprint density at radius 3 is 2.93 bits per heavy atom. The van der Waals surface area contributed by atoms with E-state index in [1.54, 1.807) is 0 Å². The second-order valence-corrected chi connectivity index (χ2v) is 2.98. The topological polar surface area (TPSA) is 67.1 Å². The highest BCUT2D eigenvalue weighted by Gasteiger charge is 2.08. The SMILES string of the molecule is C=CCN(C)c1ncnc(NN)c1C.